The van der Waals surface area contributed by atoms with Crippen LogP contribution in [0.4, 0.5) is 0 Å². The summed E-state index contributed by atoms with van der Waals surface area (Å²) in [5.41, 5.74) is 2.46. The molecule has 2 rings (SSSR count). The summed E-state index contributed by atoms with van der Waals surface area (Å²) in [5.74, 6) is 1.04. The van der Waals surface area contributed by atoms with E-state index in [0.717, 1.165) is 31.7 Å². The zero-order chi connectivity index (χ0) is 14.4. The molecule has 4 nitrogen and oxygen atoms in total. The van der Waals surface area contributed by atoms with Gasteiger partial charge in [0, 0.05) is 32.4 Å². The fourth-order valence-corrected chi connectivity index (χ4v) is 2.65. The third kappa shape index (κ3) is 3.72. The molecule has 1 aromatic rings. The van der Waals surface area contributed by atoms with E-state index in [2.05, 4.69) is 30.4 Å². The van der Waals surface area contributed by atoms with Gasteiger partial charge in [0.25, 0.3) is 0 Å². The van der Waals surface area contributed by atoms with Crippen molar-refractivity contribution in [3.8, 4) is 5.75 Å². The second-order valence-corrected chi connectivity index (χ2v) is 5.26. The SMILES string of the molecule is COCC(CNC1CCCOc2c(C)cccc21)OC. The van der Waals surface area contributed by atoms with Crippen LogP contribution in [0.1, 0.15) is 30.0 Å². The molecule has 20 heavy (non-hydrogen) atoms. The lowest BCUT2D eigenvalue weighted by atomic mass is 9.99. The number of para-hydroxylation sites is 1. The first kappa shape index (κ1) is 15.3. The molecule has 0 saturated heterocycles. The predicted molar refractivity (Wildman–Crippen MR) is 79.3 cm³/mol. The van der Waals surface area contributed by atoms with E-state index < -0.39 is 0 Å². The highest BCUT2D eigenvalue weighted by atomic mass is 16.5. The van der Waals surface area contributed by atoms with Crippen LogP contribution in [0.15, 0.2) is 18.2 Å². The van der Waals surface area contributed by atoms with Gasteiger partial charge in [-0.25, -0.2) is 0 Å². The number of benzene rings is 1. The van der Waals surface area contributed by atoms with Crippen LogP contribution in [0.3, 0.4) is 0 Å². The maximum atomic E-state index is 5.89. The maximum absolute atomic E-state index is 5.89. The fourth-order valence-electron chi connectivity index (χ4n) is 2.65. The smallest absolute Gasteiger partial charge is 0.126 e. The molecule has 1 aromatic carbocycles. The minimum absolute atomic E-state index is 0.0810. The molecule has 1 aliphatic rings. The third-order valence-electron chi connectivity index (χ3n) is 3.78. The van der Waals surface area contributed by atoms with E-state index in [1.165, 1.54) is 11.1 Å². The van der Waals surface area contributed by atoms with Crippen molar-refractivity contribution in [2.24, 2.45) is 0 Å². The van der Waals surface area contributed by atoms with Gasteiger partial charge in [-0.2, -0.15) is 0 Å². The molecule has 0 aromatic heterocycles. The third-order valence-corrected chi connectivity index (χ3v) is 3.78. The molecule has 0 amide bonds. The summed E-state index contributed by atoms with van der Waals surface area (Å²) in [6.07, 6.45) is 2.23. The van der Waals surface area contributed by atoms with E-state index in [1.54, 1.807) is 14.2 Å². The summed E-state index contributed by atoms with van der Waals surface area (Å²) in [5, 5.41) is 3.60. The quantitative estimate of drug-likeness (QED) is 0.868. The molecule has 0 spiro atoms. The highest BCUT2D eigenvalue weighted by molar-refractivity contribution is 5.43. The Morgan fingerprint density at radius 1 is 1.40 bits per heavy atom. The Morgan fingerprint density at radius 3 is 3.00 bits per heavy atom. The number of hydrogen-bond donors (Lipinski definition) is 1. The van der Waals surface area contributed by atoms with Gasteiger partial charge in [-0.15, -0.1) is 0 Å². The summed E-state index contributed by atoms with van der Waals surface area (Å²) in [6, 6.07) is 6.68. The van der Waals surface area contributed by atoms with Crippen LogP contribution in [0.5, 0.6) is 5.75 Å². The van der Waals surface area contributed by atoms with E-state index in [4.69, 9.17) is 14.2 Å². The topological polar surface area (TPSA) is 39.7 Å². The molecule has 112 valence electrons. The van der Waals surface area contributed by atoms with Crippen LogP contribution in [0.2, 0.25) is 0 Å². The second kappa shape index (κ2) is 7.62. The van der Waals surface area contributed by atoms with Crippen LogP contribution < -0.4 is 10.1 Å². The van der Waals surface area contributed by atoms with Gasteiger partial charge in [0.2, 0.25) is 0 Å². The molecule has 1 N–H and O–H groups in total. The van der Waals surface area contributed by atoms with Gasteiger partial charge in [0.15, 0.2) is 0 Å². The molecule has 2 atom stereocenters. The van der Waals surface area contributed by atoms with Crippen molar-refractivity contribution in [1.29, 1.82) is 0 Å². The minimum Gasteiger partial charge on any atom is -0.493 e. The van der Waals surface area contributed by atoms with E-state index >= 15 is 0 Å². The molecular formula is C16H25NO3. The maximum Gasteiger partial charge on any atom is 0.126 e. The largest absolute Gasteiger partial charge is 0.493 e. The van der Waals surface area contributed by atoms with Gasteiger partial charge >= 0.3 is 0 Å². The Kier molecular flexibility index (Phi) is 5.83. The Labute approximate surface area is 121 Å². The van der Waals surface area contributed by atoms with Gasteiger partial charge in [-0.3, -0.25) is 0 Å². The van der Waals surface area contributed by atoms with Crippen molar-refractivity contribution >= 4 is 0 Å². The average molecular weight is 279 g/mol. The first-order valence-electron chi connectivity index (χ1n) is 7.23. The fraction of sp³-hybridized carbons (Fsp3) is 0.625. The Hall–Kier alpha value is -1.10. The lowest BCUT2D eigenvalue weighted by Crippen LogP contribution is -2.34. The average Bonchev–Trinajstić information content (AvgIpc) is 2.67. The van der Waals surface area contributed by atoms with Crippen LogP contribution in [0.25, 0.3) is 0 Å². The lowest BCUT2D eigenvalue weighted by Gasteiger charge is -2.22. The molecule has 0 radical (unpaired) electrons. The van der Waals surface area contributed by atoms with Crippen LogP contribution in [-0.2, 0) is 9.47 Å². The summed E-state index contributed by atoms with van der Waals surface area (Å²) < 4.78 is 16.5. The summed E-state index contributed by atoms with van der Waals surface area (Å²) in [6.45, 7) is 4.28. The number of fused-ring (bicyclic) bond motifs is 1. The minimum atomic E-state index is 0.0810. The number of methoxy groups -OCH3 is 2. The molecule has 4 heteroatoms. The Morgan fingerprint density at radius 2 is 2.25 bits per heavy atom. The number of nitrogens with one attached hydrogen (secondary N) is 1. The van der Waals surface area contributed by atoms with Crippen molar-refractivity contribution in [3.63, 3.8) is 0 Å². The van der Waals surface area contributed by atoms with Gasteiger partial charge < -0.3 is 19.5 Å². The molecule has 0 saturated carbocycles. The number of ether oxygens (including phenoxy) is 3. The van der Waals surface area contributed by atoms with E-state index in [9.17, 15) is 0 Å². The number of hydrogen-bond acceptors (Lipinski definition) is 4. The van der Waals surface area contributed by atoms with E-state index in [1.807, 2.05) is 0 Å². The van der Waals surface area contributed by atoms with Crippen molar-refractivity contribution in [2.75, 3.05) is 34.0 Å². The highest BCUT2D eigenvalue weighted by Crippen LogP contribution is 2.33. The lowest BCUT2D eigenvalue weighted by molar-refractivity contribution is 0.0272. The van der Waals surface area contributed by atoms with Gasteiger partial charge in [-0.1, -0.05) is 18.2 Å². The molecule has 1 heterocycles. The van der Waals surface area contributed by atoms with Gasteiger partial charge in [0.05, 0.1) is 19.3 Å². The zero-order valence-corrected chi connectivity index (χ0v) is 12.6. The van der Waals surface area contributed by atoms with Crippen molar-refractivity contribution in [3.05, 3.63) is 29.3 Å². The monoisotopic (exact) mass is 279 g/mol. The Bertz CT molecular complexity index is 422. The van der Waals surface area contributed by atoms with Gasteiger partial charge in [-0.05, 0) is 25.3 Å². The first-order chi connectivity index (χ1) is 9.76. The summed E-state index contributed by atoms with van der Waals surface area (Å²) >= 11 is 0. The van der Waals surface area contributed by atoms with E-state index in [0.29, 0.717) is 12.6 Å². The number of aryl methyl sites for hydroxylation is 1. The van der Waals surface area contributed by atoms with Crippen molar-refractivity contribution in [2.45, 2.75) is 31.9 Å². The second-order valence-electron chi connectivity index (χ2n) is 5.26. The first-order valence-corrected chi connectivity index (χ1v) is 7.23. The van der Waals surface area contributed by atoms with Gasteiger partial charge in [0.1, 0.15) is 5.75 Å². The molecule has 0 bridgehead atoms. The molecular weight excluding hydrogens is 254 g/mol. The standard InChI is InChI=1S/C16H25NO3/c1-12-6-4-7-14-15(8-5-9-20-16(12)14)17-10-13(19-3)11-18-2/h4,6-7,13,15,17H,5,8-11H2,1-3H3. The highest BCUT2D eigenvalue weighted by Gasteiger charge is 2.21. The molecule has 0 fully saturated rings. The summed E-state index contributed by atoms with van der Waals surface area (Å²) in [7, 11) is 3.42. The molecule has 2 unspecified atom stereocenters. The van der Waals surface area contributed by atoms with Crippen LogP contribution >= 0.6 is 0 Å². The number of rotatable bonds is 6. The molecule has 1 aliphatic heterocycles. The van der Waals surface area contributed by atoms with Crippen LogP contribution in [-0.4, -0.2) is 40.1 Å². The molecule has 0 aliphatic carbocycles. The van der Waals surface area contributed by atoms with E-state index in [-0.39, 0.29) is 6.10 Å². The summed E-state index contributed by atoms with van der Waals surface area (Å²) in [4.78, 5) is 0. The Balaban J connectivity index is 2.07. The van der Waals surface area contributed by atoms with Crippen molar-refractivity contribution in [1.82, 2.24) is 5.32 Å². The normalized spacial score (nSPS) is 19.9. The zero-order valence-electron chi connectivity index (χ0n) is 12.6. The predicted octanol–water partition coefficient (Wildman–Crippen LogP) is 2.46. The van der Waals surface area contributed by atoms with Crippen molar-refractivity contribution < 1.29 is 14.2 Å². The van der Waals surface area contributed by atoms with Crippen LogP contribution in [0, 0.1) is 6.92 Å².